The molecule has 0 radical (unpaired) electrons. The first-order chi connectivity index (χ1) is 16.1. The number of hydrogen-bond donors (Lipinski definition) is 3. The fourth-order valence-electron chi connectivity index (χ4n) is 5.98. The van der Waals surface area contributed by atoms with Gasteiger partial charge in [-0.2, -0.15) is 5.10 Å². The van der Waals surface area contributed by atoms with Crippen LogP contribution in [0.5, 0.6) is 0 Å². The second-order valence-corrected chi connectivity index (χ2v) is 11.0. The van der Waals surface area contributed by atoms with Crippen molar-refractivity contribution in [3.8, 4) is 11.3 Å². The monoisotopic (exact) mass is 460 g/mol. The maximum Gasteiger partial charge on any atom is 0.254 e. The molecule has 3 aromatic rings. The van der Waals surface area contributed by atoms with Gasteiger partial charge in [0.1, 0.15) is 17.1 Å². The van der Waals surface area contributed by atoms with Crippen LogP contribution in [0.1, 0.15) is 67.6 Å². The third-order valence-corrected chi connectivity index (χ3v) is 7.86. The summed E-state index contributed by atoms with van der Waals surface area (Å²) in [5.41, 5.74) is 15.5. The molecule has 0 spiro atoms. The number of nitrogens with zero attached hydrogens (tertiary/aromatic N) is 3. The average Bonchev–Trinajstić information content (AvgIpc) is 3.15. The largest absolute Gasteiger partial charge is 0.383 e. The van der Waals surface area contributed by atoms with E-state index in [0.717, 1.165) is 48.9 Å². The Labute approximate surface area is 196 Å². The van der Waals surface area contributed by atoms with Crippen molar-refractivity contribution in [1.82, 2.24) is 14.9 Å². The maximum absolute atomic E-state index is 12.6. The number of benzene rings is 1. The van der Waals surface area contributed by atoms with Gasteiger partial charge < -0.3 is 16.0 Å². The number of nitrogens with two attached hydrogens (primary N) is 2. The predicted molar refractivity (Wildman–Crippen MR) is 126 cm³/mol. The van der Waals surface area contributed by atoms with Gasteiger partial charge >= 0.3 is 0 Å². The van der Waals surface area contributed by atoms with E-state index in [9.17, 15) is 9.59 Å². The Hall–Kier alpha value is -3.62. The van der Waals surface area contributed by atoms with Crippen molar-refractivity contribution in [1.29, 1.82) is 0 Å². The van der Waals surface area contributed by atoms with E-state index in [2.05, 4.69) is 29.4 Å². The molecule has 4 aliphatic carbocycles. The summed E-state index contributed by atoms with van der Waals surface area (Å²) in [6, 6.07) is 9.18. The lowest BCUT2D eigenvalue weighted by atomic mass is 9.35. The minimum Gasteiger partial charge on any atom is -0.383 e. The summed E-state index contributed by atoms with van der Waals surface area (Å²) in [5, 5.41) is 11.6. The lowest BCUT2D eigenvalue weighted by molar-refractivity contribution is -0.129. The molecule has 4 fully saturated rings. The van der Waals surface area contributed by atoms with Crippen molar-refractivity contribution in [3.63, 3.8) is 0 Å². The number of anilines is 2. The molecule has 2 heterocycles. The van der Waals surface area contributed by atoms with Gasteiger partial charge in [0.25, 0.3) is 5.91 Å². The molecule has 7 rings (SSSR count). The quantitative estimate of drug-likeness (QED) is 0.493. The Morgan fingerprint density at radius 1 is 1.15 bits per heavy atom. The van der Waals surface area contributed by atoms with Crippen LogP contribution in [-0.4, -0.2) is 26.8 Å². The Morgan fingerprint density at radius 2 is 1.82 bits per heavy atom. The highest BCUT2D eigenvalue weighted by Gasteiger charge is 2.66. The van der Waals surface area contributed by atoms with Gasteiger partial charge in [0.05, 0.1) is 17.7 Å². The normalized spacial score (nSPS) is 25.8. The Kier molecular flexibility index (Phi) is 4.14. The number of carbonyl (C=O) groups is 2. The summed E-state index contributed by atoms with van der Waals surface area (Å²) >= 11 is 0. The van der Waals surface area contributed by atoms with Gasteiger partial charge in [-0.25, -0.2) is 4.68 Å². The molecule has 4 saturated carbocycles. The zero-order chi connectivity index (χ0) is 23.9. The number of nitrogens with one attached hydrogen (secondary N) is 1. The van der Waals surface area contributed by atoms with Gasteiger partial charge in [-0.05, 0) is 50.0 Å². The number of nitrogen functional groups attached to an aromatic ring is 1. The number of aromatic nitrogens is 3. The lowest BCUT2D eigenvalue weighted by Crippen LogP contribution is -2.62. The first-order valence-corrected chi connectivity index (χ1v) is 11.7. The van der Waals surface area contributed by atoms with E-state index in [1.807, 2.05) is 30.3 Å². The molecule has 2 amide bonds. The van der Waals surface area contributed by atoms with Gasteiger partial charge in [0, 0.05) is 17.0 Å². The number of rotatable bonds is 7. The van der Waals surface area contributed by atoms with E-state index in [-0.39, 0.29) is 28.8 Å². The number of carbonyl (C=O) groups excluding carboxylic acids is 2. The van der Waals surface area contributed by atoms with Crippen LogP contribution in [0.4, 0.5) is 11.7 Å². The second kappa shape index (κ2) is 6.71. The Balaban J connectivity index is 1.15. The first-order valence-electron chi connectivity index (χ1n) is 11.7. The summed E-state index contributed by atoms with van der Waals surface area (Å²) in [5.74, 6) is -0.114. The van der Waals surface area contributed by atoms with Gasteiger partial charge in [0.2, 0.25) is 11.8 Å². The van der Waals surface area contributed by atoms with Gasteiger partial charge in [-0.3, -0.25) is 14.9 Å². The third kappa shape index (κ3) is 3.13. The van der Waals surface area contributed by atoms with Crippen LogP contribution in [0.15, 0.2) is 34.9 Å². The molecular weight excluding hydrogens is 432 g/mol. The minimum absolute atomic E-state index is 0.161. The smallest absolute Gasteiger partial charge is 0.254 e. The van der Waals surface area contributed by atoms with Crippen LogP contribution in [0.3, 0.4) is 0 Å². The van der Waals surface area contributed by atoms with Crippen LogP contribution in [0, 0.1) is 5.41 Å². The van der Waals surface area contributed by atoms with Crippen LogP contribution >= 0.6 is 0 Å². The SMILES string of the molecule is CC12CC(c3cc(NC(=O)Cc4ccc(-c5nn(C6(C)CC6)c(N)c5C(N)=O)cc4)on3)(C1)C2. The molecule has 0 unspecified atom stereocenters. The number of hydrogen-bond acceptors (Lipinski definition) is 6. The molecule has 0 saturated heterocycles. The molecule has 9 heteroatoms. The van der Waals surface area contributed by atoms with E-state index in [1.165, 1.54) is 0 Å². The standard InChI is InChI=1S/C25H28N6O3/c1-23-11-25(12-23,13-23)16-10-18(34-30-16)28-17(32)9-14-3-5-15(6-4-14)20-19(22(27)33)21(26)31(29-20)24(2)7-8-24/h3-6,10H,7-9,11-13,26H2,1-2H3,(H2,27,33)(H,28,32). The van der Waals surface area contributed by atoms with Crippen molar-refractivity contribution < 1.29 is 14.1 Å². The molecule has 34 heavy (non-hydrogen) atoms. The lowest BCUT2D eigenvalue weighted by Gasteiger charge is -2.68. The van der Waals surface area contributed by atoms with Crippen LogP contribution in [-0.2, 0) is 22.2 Å². The Bertz CT molecular complexity index is 1310. The average molecular weight is 461 g/mol. The summed E-state index contributed by atoms with van der Waals surface area (Å²) in [7, 11) is 0. The van der Waals surface area contributed by atoms with Crippen molar-refractivity contribution in [2.24, 2.45) is 11.1 Å². The summed E-state index contributed by atoms with van der Waals surface area (Å²) in [4.78, 5) is 24.6. The predicted octanol–water partition coefficient (Wildman–Crippen LogP) is 3.35. The molecular formula is C25H28N6O3. The van der Waals surface area contributed by atoms with Crippen molar-refractivity contribution >= 4 is 23.5 Å². The van der Waals surface area contributed by atoms with Crippen molar-refractivity contribution in [2.45, 2.75) is 63.3 Å². The van der Waals surface area contributed by atoms with Crippen LogP contribution in [0.2, 0.25) is 0 Å². The maximum atomic E-state index is 12.6. The van der Waals surface area contributed by atoms with Gasteiger partial charge in [-0.1, -0.05) is 36.3 Å². The molecule has 2 aromatic heterocycles. The van der Waals surface area contributed by atoms with Gasteiger partial charge in [-0.15, -0.1) is 0 Å². The van der Waals surface area contributed by atoms with E-state index in [1.54, 1.807) is 4.68 Å². The molecule has 9 nitrogen and oxygen atoms in total. The van der Waals surface area contributed by atoms with Crippen LogP contribution < -0.4 is 16.8 Å². The third-order valence-electron chi connectivity index (χ3n) is 7.86. The molecule has 5 N–H and O–H groups in total. The number of amides is 2. The van der Waals surface area contributed by atoms with E-state index in [0.29, 0.717) is 22.8 Å². The summed E-state index contributed by atoms with van der Waals surface area (Å²) < 4.78 is 7.07. The fourth-order valence-corrected chi connectivity index (χ4v) is 5.98. The molecule has 1 aromatic carbocycles. The Morgan fingerprint density at radius 3 is 2.41 bits per heavy atom. The highest BCUT2D eigenvalue weighted by atomic mass is 16.5. The summed E-state index contributed by atoms with van der Waals surface area (Å²) in [6.07, 6.45) is 5.53. The first kappa shape index (κ1) is 20.9. The molecule has 176 valence electrons. The van der Waals surface area contributed by atoms with E-state index in [4.69, 9.17) is 16.0 Å². The van der Waals surface area contributed by atoms with Crippen molar-refractivity contribution in [2.75, 3.05) is 11.1 Å². The van der Waals surface area contributed by atoms with E-state index >= 15 is 0 Å². The molecule has 0 aliphatic heterocycles. The molecule has 0 atom stereocenters. The topological polar surface area (TPSA) is 142 Å². The molecule has 4 aliphatic rings. The minimum atomic E-state index is -0.606. The van der Waals surface area contributed by atoms with E-state index < -0.39 is 5.91 Å². The fraction of sp³-hybridized carbons (Fsp3) is 0.440. The summed E-state index contributed by atoms with van der Waals surface area (Å²) in [6.45, 7) is 4.35. The second-order valence-electron chi connectivity index (χ2n) is 11.0. The highest BCUT2D eigenvalue weighted by Crippen LogP contribution is 2.73. The zero-order valence-corrected chi connectivity index (χ0v) is 19.4. The van der Waals surface area contributed by atoms with Gasteiger partial charge in [0.15, 0.2) is 0 Å². The molecule has 2 bridgehead atoms. The van der Waals surface area contributed by atoms with Crippen molar-refractivity contribution in [3.05, 3.63) is 47.2 Å². The zero-order valence-electron chi connectivity index (χ0n) is 19.4. The highest BCUT2D eigenvalue weighted by molar-refractivity contribution is 6.03. The number of primary amides is 1. The van der Waals surface area contributed by atoms with Crippen LogP contribution in [0.25, 0.3) is 11.3 Å².